The highest BCUT2D eigenvalue weighted by Gasteiger charge is 2.20. The van der Waals surface area contributed by atoms with Crippen LogP contribution in [0, 0.1) is 0 Å². The number of hydrogen-bond donors (Lipinski definition) is 1. The number of thiol groups is 1. The van der Waals surface area contributed by atoms with Gasteiger partial charge in [-0.05, 0) is 30.2 Å². The van der Waals surface area contributed by atoms with E-state index in [2.05, 4.69) is 12.6 Å². The molecule has 0 aliphatic carbocycles. The average Bonchev–Trinajstić information content (AvgIpc) is 2.12. The van der Waals surface area contributed by atoms with Gasteiger partial charge in [-0.3, -0.25) is 4.79 Å². The molecule has 0 bridgehead atoms. The van der Waals surface area contributed by atoms with E-state index in [0.717, 1.165) is 29.0 Å². The molecule has 0 saturated heterocycles. The Labute approximate surface area is 83.0 Å². The Morgan fingerprint density at radius 1 is 1.46 bits per heavy atom. The lowest BCUT2D eigenvalue weighted by Crippen LogP contribution is -2.34. The number of amides is 1. The molecule has 1 amide bonds. The molecule has 3 heteroatoms. The van der Waals surface area contributed by atoms with Crippen LogP contribution in [0.5, 0.6) is 0 Å². The van der Waals surface area contributed by atoms with E-state index in [4.69, 9.17) is 0 Å². The summed E-state index contributed by atoms with van der Waals surface area (Å²) in [6, 6.07) is 5.69. The summed E-state index contributed by atoms with van der Waals surface area (Å²) in [5.41, 5.74) is 1.95. The number of carbonyl (C=O) groups excluding carboxylic acids is 1. The predicted molar refractivity (Wildman–Crippen MR) is 54.4 cm³/mol. The SMILES string of the molecule is CN1CCc2cc(S)ccc2C1=O. The third kappa shape index (κ3) is 1.44. The Hall–Kier alpha value is -0.960. The van der Waals surface area contributed by atoms with Crippen molar-refractivity contribution in [2.45, 2.75) is 11.3 Å². The Balaban J connectivity index is 2.50. The van der Waals surface area contributed by atoms with Gasteiger partial charge in [0.05, 0.1) is 0 Å². The highest BCUT2D eigenvalue weighted by molar-refractivity contribution is 7.80. The first-order valence-corrected chi connectivity index (χ1v) is 4.70. The van der Waals surface area contributed by atoms with Crippen molar-refractivity contribution in [3.05, 3.63) is 29.3 Å². The van der Waals surface area contributed by atoms with Crippen molar-refractivity contribution >= 4 is 18.5 Å². The molecule has 2 nitrogen and oxygen atoms in total. The lowest BCUT2D eigenvalue weighted by Gasteiger charge is -2.24. The Morgan fingerprint density at radius 2 is 2.23 bits per heavy atom. The minimum atomic E-state index is 0.120. The van der Waals surface area contributed by atoms with Crippen LogP contribution in [0.3, 0.4) is 0 Å². The number of likely N-dealkylation sites (N-methyl/N-ethyl adjacent to an activating group) is 1. The van der Waals surface area contributed by atoms with Crippen LogP contribution in [-0.2, 0) is 6.42 Å². The van der Waals surface area contributed by atoms with Crippen molar-refractivity contribution < 1.29 is 4.79 Å². The second-order valence-electron chi connectivity index (χ2n) is 3.32. The Kier molecular flexibility index (Phi) is 2.04. The third-order valence-corrected chi connectivity index (χ3v) is 2.66. The van der Waals surface area contributed by atoms with Crippen molar-refractivity contribution in [1.29, 1.82) is 0 Å². The van der Waals surface area contributed by atoms with Crippen molar-refractivity contribution in [3.8, 4) is 0 Å². The van der Waals surface area contributed by atoms with Crippen LogP contribution in [0.15, 0.2) is 23.1 Å². The fourth-order valence-corrected chi connectivity index (χ4v) is 1.82. The van der Waals surface area contributed by atoms with Gasteiger partial charge in [0.15, 0.2) is 0 Å². The number of benzene rings is 1. The zero-order valence-electron chi connectivity index (χ0n) is 7.45. The summed E-state index contributed by atoms with van der Waals surface area (Å²) in [4.78, 5) is 14.3. The monoisotopic (exact) mass is 193 g/mol. The van der Waals surface area contributed by atoms with Crippen LogP contribution in [0.4, 0.5) is 0 Å². The highest BCUT2D eigenvalue weighted by atomic mass is 32.1. The molecule has 13 heavy (non-hydrogen) atoms. The van der Waals surface area contributed by atoms with E-state index >= 15 is 0 Å². The van der Waals surface area contributed by atoms with E-state index in [1.165, 1.54) is 0 Å². The lowest BCUT2D eigenvalue weighted by molar-refractivity contribution is 0.0781. The van der Waals surface area contributed by atoms with Crippen LogP contribution in [0.25, 0.3) is 0 Å². The zero-order valence-corrected chi connectivity index (χ0v) is 8.34. The molecule has 1 aliphatic heterocycles. The van der Waals surface area contributed by atoms with Crippen molar-refractivity contribution in [2.75, 3.05) is 13.6 Å². The number of fused-ring (bicyclic) bond motifs is 1. The molecule has 0 spiro atoms. The third-order valence-electron chi connectivity index (χ3n) is 2.38. The second kappa shape index (κ2) is 3.07. The largest absolute Gasteiger partial charge is 0.341 e. The van der Waals surface area contributed by atoms with Gasteiger partial charge in [0, 0.05) is 24.1 Å². The second-order valence-corrected chi connectivity index (χ2v) is 3.83. The topological polar surface area (TPSA) is 20.3 Å². The number of nitrogens with zero attached hydrogens (tertiary/aromatic N) is 1. The molecule has 0 fully saturated rings. The van der Waals surface area contributed by atoms with Gasteiger partial charge in [-0.2, -0.15) is 0 Å². The number of rotatable bonds is 0. The first-order chi connectivity index (χ1) is 6.18. The van der Waals surface area contributed by atoms with Crippen molar-refractivity contribution in [2.24, 2.45) is 0 Å². The maximum atomic E-state index is 11.6. The van der Waals surface area contributed by atoms with Gasteiger partial charge in [-0.25, -0.2) is 0 Å². The van der Waals surface area contributed by atoms with Crippen LogP contribution < -0.4 is 0 Å². The van der Waals surface area contributed by atoms with Gasteiger partial charge in [0.25, 0.3) is 5.91 Å². The molecule has 1 aromatic rings. The fraction of sp³-hybridized carbons (Fsp3) is 0.300. The maximum absolute atomic E-state index is 11.6. The van der Waals surface area contributed by atoms with Crippen LogP contribution >= 0.6 is 12.6 Å². The summed E-state index contributed by atoms with van der Waals surface area (Å²) in [6.07, 6.45) is 0.936. The highest BCUT2D eigenvalue weighted by Crippen LogP contribution is 2.20. The van der Waals surface area contributed by atoms with E-state index in [0.29, 0.717) is 0 Å². The van der Waals surface area contributed by atoms with E-state index in [1.807, 2.05) is 25.2 Å². The van der Waals surface area contributed by atoms with Crippen molar-refractivity contribution in [1.82, 2.24) is 4.90 Å². The molecular weight excluding hydrogens is 182 g/mol. The molecule has 0 unspecified atom stereocenters. The van der Waals surface area contributed by atoms with E-state index in [-0.39, 0.29) is 5.91 Å². The van der Waals surface area contributed by atoms with Gasteiger partial charge >= 0.3 is 0 Å². The molecular formula is C10H11NOS. The standard InChI is InChI=1S/C10H11NOS/c1-11-5-4-7-6-8(13)2-3-9(7)10(11)12/h2-3,6,13H,4-5H2,1H3. The summed E-state index contributed by atoms with van der Waals surface area (Å²) >= 11 is 4.25. The summed E-state index contributed by atoms with van der Waals surface area (Å²) < 4.78 is 0. The molecule has 2 rings (SSSR count). The van der Waals surface area contributed by atoms with E-state index in [1.54, 1.807) is 4.90 Å². The summed E-state index contributed by atoms with van der Waals surface area (Å²) in [5, 5.41) is 0. The molecule has 0 radical (unpaired) electrons. The van der Waals surface area contributed by atoms with Gasteiger partial charge in [-0.1, -0.05) is 0 Å². The van der Waals surface area contributed by atoms with Crippen LogP contribution in [0.1, 0.15) is 15.9 Å². The quantitative estimate of drug-likeness (QED) is 0.621. The fourth-order valence-electron chi connectivity index (χ4n) is 1.59. The summed E-state index contributed by atoms with van der Waals surface area (Å²) in [6.45, 7) is 0.809. The van der Waals surface area contributed by atoms with Crippen LogP contribution in [0.2, 0.25) is 0 Å². The van der Waals surface area contributed by atoms with Gasteiger partial charge in [0.2, 0.25) is 0 Å². The number of carbonyl (C=O) groups is 1. The normalized spacial score (nSPS) is 15.8. The van der Waals surface area contributed by atoms with Gasteiger partial charge in [-0.15, -0.1) is 12.6 Å². The minimum absolute atomic E-state index is 0.120. The average molecular weight is 193 g/mol. The molecule has 0 N–H and O–H groups in total. The lowest BCUT2D eigenvalue weighted by atomic mass is 10.00. The number of hydrogen-bond acceptors (Lipinski definition) is 2. The molecule has 68 valence electrons. The first kappa shape index (κ1) is 8.63. The van der Waals surface area contributed by atoms with Gasteiger partial charge < -0.3 is 4.90 Å². The first-order valence-electron chi connectivity index (χ1n) is 4.26. The van der Waals surface area contributed by atoms with Crippen molar-refractivity contribution in [3.63, 3.8) is 0 Å². The smallest absolute Gasteiger partial charge is 0.253 e. The molecule has 1 heterocycles. The maximum Gasteiger partial charge on any atom is 0.253 e. The molecule has 0 atom stereocenters. The Morgan fingerprint density at radius 3 is 3.00 bits per heavy atom. The predicted octanol–water partition coefficient (Wildman–Crippen LogP) is 1.60. The summed E-state index contributed by atoms with van der Waals surface area (Å²) in [7, 11) is 1.83. The molecule has 0 aromatic heterocycles. The summed E-state index contributed by atoms with van der Waals surface area (Å²) in [5.74, 6) is 0.120. The van der Waals surface area contributed by atoms with E-state index < -0.39 is 0 Å². The molecule has 0 saturated carbocycles. The van der Waals surface area contributed by atoms with E-state index in [9.17, 15) is 4.79 Å². The molecule has 1 aliphatic rings. The Bertz CT molecular complexity index is 362. The molecule has 1 aromatic carbocycles. The minimum Gasteiger partial charge on any atom is -0.341 e. The zero-order chi connectivity index (χ0) is 9.42. The van der Waals surface area contributed by atoms with Crippen LogP contribution in [-0.4, -0.2) is 24.4 Å². The van der Waals surface area contributed by atoms with Gasteiger partial charge in [0.1, 0.15) is 0 Å².